The lowest BCUT2D eigenvalue weighted by atomic mass is 9.88. The molecule has 0 aromatic carbocycles. The van der Waals surface area contributed by atoms with Crippen LogP contribution in [-0.4, -0.2) is 25.2 Å². The highest BCUT2D eigenvalue weighted by atomic mass is 16.5. The summed E-state index contributed by atoms with van der Waals surface area (Å²) in [6, 6.07) is 0. The minimum absolute atomic E-state index is 0.225. The lowest BCUT2D eigenvalue weighted by Crippen LogP contribution is -2.33. The number of hydrogen-bond donors (Lipinski definition) is 0. The number of ether oxygens (including phenoxy) is 2. The first-order chi connectivity index (χ1) is 9.91. The van der Waals surface area contributed by atoms with E-state index < -0.39 is 0 Å². The smallest absolute Gasteiger partial charge is 0.309 e. The molecule has 2 atom stereocenters. The van der Waals surface area contributed by atoms with Crippen molar-refractivity contribution < 1.29 is 19.1 Å². The van der Waals surface area contributed by atoms with Gasteiger partial charge in [0.15, 0.2) is 0 Å². The Morgan fingerprint density at radius 3 is 1.52 bits per heavy atom. The van der Waals surface area contributed by atoms with Crippen molar-refractivity contribution in [3.63, 3.8) is 0 Å². The van der Waals surface area contributed by atoms with Crippen molar-refractivity contribution in [1.82, 2.24) is 0 Å². The van der Waals surface area contributed by atoms with Crippen LogP contribution in [0.1, 0.15) is 59.8 Å². The lowest BCUT2D eigenvalue weighted by molar-refractivity contribution is -0.162. The van der Waals surface area contributed by atoms with Gasteiger partial charge >= 0.3 is 11.9 Å². The van der Waals surface area contributed by atoms with Gasteiger partial charge in [0, 0.05) is 0 Å². The van der Waals surface area contributed by atoms with Crippen LogP contribution in [-0.2, 0) is 19.1 Å². The molecule has 0 saturated heterocycles. The average molecular weight is 298 g/mol. The molecule has 0 aliphatic heterocycles. The summed E-state index contributed by atoms with van der Waals surface area (Å²) in [4.78, 5) is 24.6. The summed E-state index contributed by atoms with van der Waals surface area (Å²) >= 11 is 0. The van der Waals surface area contributed by atoms with E-state index in [0.29, 0.717) is 25.0 Å². The van der Waals surface area contributed by atoms with E-state index in [-0.39, 0.29) is 23.8 Å². The molecular weight excluding hydrogens is 268 g/mol. The van der Waals surface area contributed by atoms with Crippen molar-refractivity contribution in [1.29, 1.82) is 0 Å². The first kappa shape index (κ1) is 18.0. The third-order valence-corrected chi connectivity index (χ3v) is 3.74. The first-order valence-electron chi connectivity index (χ1n) is 8.25. The van der Waals surface area contributed by atoms with E-state index in [1.165, 1.54) is 0 Å². The Morgan fingerprint density at radius 1 is 0.810 bits per heavy atom. The zero-order valence-electron chi connectivity index (χ0n) is 13.9. The highest BCUT2D eigenvalue weighted by Crippen LogP contribution is 2.31. The Balaban J connectivity index is 2.65. The average Bonchev–Trinajstić information content (AvgIpc) is 2.67. The third kappa shape index (κ3) is 6.49. The highest BCUT2D eigenvalue weighted by molar-refractivity contribution is 5.82. The predicted molar refractivity (Wildman–Crippen MR) is 81.7 cm³/mol. The molecule has 4 nitrogen and oxygen atoms in total. The summed E-state index contributed by atoms with van der Waals surface area (Å²) in [6.45, 7) is 8.87. The van der Waals surface area contributed by atoms with Crippen molar-refractivity contribution in [2.24, 2.45) is 23.7 Å². The molecule has 4 heteroatoms. The van der Waals surface area contributed by atoms with Gasteiger partial charge in [-0.05, 0) is 24.7 Å². The van der Waals surface area contributed by atoms with Gasteiger partial charge in [-0.3, -0.25) is 9.59 Å². The fourth-order valence-corrected chi connectivity index (χ4v) is 2.58. The lowest BCUT2D eigenvalue weighted by Gasteiger charge is -2.23. The normalized spacial score (nSPS) is 23.0. The summed E-state index contributed by atoms with van der Waals surface area (Å²) in [6.07, 6.45) is 4.50. The number of esters is 2. The van der Waals surface area contributed by atoms with Gasteiger partial charge in [-0.25, -0.2) is 0 Å². The van der Waals surface area contributed by atoms with Gasteiger partial charge in [-0.15, -0.1) is 0 Å². The van der Waals surface area contributed by atoms with Crippen molar-refractivity contribution >= 4 is 11.9 Å². The van der Waals surface area contributed by atoms with Gasteiger partial charge in [-0.2, -0.15) is 0 Å². The zero-order chi connectivity index (χ0) is 15.8. The molecule has 0 N–H and O–H groups in total. The van der Waals surface area contributed by atoms with E-state index >= 15 is 0 Å². The summed E-state index contributed by atoms with van der Waals surface area (Å²) < 4.78 is 10.7. The van der Waals surface area contributed by atoms with Crippen LogP contribution in [0.3, 0.4) is 0 Å². The molecule has 0 heterocycles. The second-order valence-corrected chi connectivity index (χ2v) is 6.90. The van der Waals surface area contributed by atoms with Crippen LogP contribution >= 0.6 is 0 Å². The quantitative estimate of drug-likeness (QED) is 0.555. The van der Waals surface area contributed by atoms with Crippen LogP contribution in [0.2, 0.25) is 0 Å². The maximum atomic E-state index is 12.3. The Kier molecular flexibility index (Phi) is 7.76. The van der Waals surface area contributed by atoms with E-state index in [4.69, 9.17) is 9.47 Å². The molecule has 0 aromatic rings. The molecular formula is C17H30O4. The van der Waals surface area contributed by atoms with Crippen LogP contribution in [0.15, 0.2) is 0 Å². The van der Waals surface area contributed by atoms with E-state index in [2.05, 4.69) is 0 Å². The van der Waals surface area contributed by atoms with Gasteiger partial charge in [0.2, 0.25) is 0 Å². The maximum absolute atomic E-state index is 12.3. The Bertz CT molecular complexity index is 304. The molecule has 1 rings (SSSR count). The molecule has 0 aromatic heterocycles. The van der Waals surface area contributed by atoms with Crippen molar-refractivity contribution in [2.45, 2.75) is 59.8 Å². The number of hydrogen-bond acceptors (Lipinski definition) is 4. The van der Waals surface area contributed by atoms with Crippen LogP contribution < -0.4 is 0 Å². The molecule has 1 aliphatic rings. The Labute approximate surface area is 128 Å². The van der Waals surface area contributed by atoms with Crippen LogP contribution in [0.4, 0.5) is 0 Å². The maximum Gasteiger partial charge on any atom is 0.309 e. The summed E-state index contributed by atoms with van der Waals surface area (Å²) in [7, 11) is 0. The van der Waals surface area contributed by atoms with Crippen molar-refractivity contribution in [2.75, 3.05) is 13.2 Å². The molecule has 0 radical (unpaired) electrons. The molecule has 1 saturated carbocycles. The van der Waals surface area contributed by atoms with Crippen LogP contribution in [0, 0.1) is 23.7 Å². The molecule has 0 spiro atoms. The number of carbonyl (C=O) groups is 2. The van der Waals surface area contributed by atoms with E-state index in [9.17, 15) is 9.59 Å². The van der Waals surface area contributed by atoms with Gasteiger partial charge < -0.3 is 9.47 Å². The van der Waals surface area contributed by atoms with Crippen molar-refractivity contribution in [3.8, 4) is 0 Å². The fourth-order valence-electron chi connectivity index (χ4n) is 2.58. The summed E-state index contributed by atoms with van der Waals surface area (Å²) in [5, 5.41) is 0. The highest BCUT2D eigenvalue weighted by Gasteiger charge is 2.36. The number of carbonyl (C=O) groups excluding carboxylic acids is 2. The number of rotatable bonds is 6. The second kappa shape index (κ2) is 9.06. The zero-order valence-corrected chi connectivity index (χ0v) is 13.9. The Morgan fingerprint density at radius 2 is 1.19 bits per heavy atom. The van der Waals surface area contributed by atoms with Gasteiger partial charge in [0.1, 0.15) is 0 Å². The second-order valence-electron chi connectivity index (χ2n) is 6.90. The van der Waals surface area contributed by atoms with Crippen LogP contribution in [0.5, 0.6) is 0 Å². The summed E-state index contributed by atoms with van der Waals surface area (Å²) in [5.74, 6) is -0.483. The van der Waals surface area contributed by atoms with Gasteiger partial charge in [0.05, 0.1) is 25.0 Å². The summed E-state index contributed by atoms with van der Waals surface area (Å²) in [5.41, 5.74) is 0. The molecule has 21 heavy (non-hydrogen) atoms. The van der Waals surface area contributed by atoms with Crippen LogP contribution in [0.25, 0.3) is 0 Å². The molecule has 122 valence electrons. The third-order valence-electron chi connectivity index (χ3n) is 3.74. The molecule has 1 aliphatic carbocycles. The fraction of sp³-hybridized carbons (Fsp3) is 0.882. The van der Waals surface area contributed by atoms with Gasteiger partial charge in [-0.1, -0.05) is 47.0 Å². The first-order valence-corrected chi connectivity index (χ1v) is 8.25. The largest absolute Gasteiger partial charge is 0.465 e. The molecule has 0 bridgehead atoms. The van der Waals surface area contributed by atoms with E-state index in [1.807, 2.05) is 27.7 Å². The predicted octanol–water partition coefficient (Wildman–Crippen LogP) is 3.58. The van der Waals surface area contributed by atoms with E-state index in [1.54, 1.807) is 0 Å². The Hall–Kier alpha value is -1.06. The standard InChI is InChI=1S/C17H30O4/c1-12(2)10-20-16(18)14-8-6-5-7-9-15(14)17(19)21-11-13(3)4/h12-15H,5-11H2,1-4H3. The molecule has 2 unspecified atom stereocenters. The minimum Gasteiger partial charge on any atom is -0.465 e. The van der Waals surface area contributed by atoms with E-state index in [0.717, 1.165) is 32.1 Å². The molecule has 1 fully saturated rings. The van der Waals surface area contributed by atoms with Crippen molar-refractivity contribution in [3.05, 3.63) is 0 Å². The molecule has 0 amide bonds. The monoisotopic (exact) mass is 298 g/mol. The van der Waals surface area contributed by atoms with Gasteiger partial charge in [0.25, 0.3) is 0 Å². The minimum atomic E-state index is -0.328. The SMILES string of the molecule is CC(C)COC(=O)C1CCCCCC1C(=O)OCC(C)C. The topological polar surface area (TPSA) is 52.6 Å².